The van der Waals surface area contributed by atoms with E-state index in [-0.39, 0.29) is 29.7 Å². The van der Waals surface area contributed by atoms with E-state index in [0.717, 1.165) is 23.2 Å². The van der Waals surface area contributed by atoms with E-state index < -0.39 is 10.0 Å². The summed E-state index contributed by atoms with van der Waals surface area (Å²) < 4.78 is 25.4. The molecule has 11 heteroatoms. The van der Waals surface area contributed by atoms with Crippen LogP contribution < -0.4 is 16.4 Å². The van der Waals surface area contributed by atoms with E-state index in [4.69, 9.17) is 17.3 Å². The van der Waals surface area contributed by atoms with Crippen LogP contribution in [0.1, 0.15) is 17.5 Å². The summed E-state index contributed by atoms with van der Waals surface area (Å²) in [6.45, 7) is 0.943. The van der Waals surface area contributed by atoms with Crippen molar-refractivity contribution in [2.45, 2.75) is 25.3 Å². The van der Waals surface area contributed by atoms with Crippen LogP contribution in [-0.4, -0.2) is 54.0 Å². The van der Waals surface area contributed by atoms with E-state index in [0.29, 0.717) is 42.7 Å². The van der Waals surface area contributed by atoms with Crippen molar-refractivity contribution >= 4 is 45.0 Å². The van der Waals surface area contributed by atoms with Gasteiger partial charge in [-0.3, -0.25) is 4.79 Å². The summed E-state index contributed by atoms with van der Waals surface area (Å²) in [5.74, 6) is 0.561. The smallest absolute Gasteiger partial charge is 0.229 e. The quantitative estimate of drug-likeness (QED) is 0.517. The zero-order valence-electron chi connectivity index (χ0n) is 18.7. The van der Waals surface area contributed by atoms with Gasteiger partial charge in [0, 0.05) is 24.8 Å². The van der Waals surface area contributed by atoms with Crippen LogP contribution in [0.3, 0.4) is 0 Å². The zero-order chi connectivity index (χ0) is 24.0. The fourth-order valence-corrected chi connectivity index (χ4v) is 6.33. The Labute approximate surface area is 203 Å². The second kappa shape index (κ2) is 8.83. The predicted molar refractivity (Wildman–Crippen MR) is 131 cm³/mol. The maximum Gasteiger partial charge on any atom is 0.229 e. The number of nitrogens with two attached hydrogens (primary N) is 1. The Bertz CT molecular complexity index is 1270. The number of sulfonamides is 1. The highest BCUT2D eigenvalue weighted by atomic mass is 35.5. The molecule has 3 aliphatic rings. The van der Waals surface area contributed by atoms with Crippen LogP contribution in [0.25, 0.3) is 0 Å². The van der Waals surface area contributed by atoms with Gasteiger partial charge in [0.15, 0.2) is 5.82 Å². The minimum absolute atomic E-state index is 0.149. The molecule has 9 nitrogen and oxygen atoms in total. The molecule has 1 fully saturated rings. The largest absolute Gasteiger partial charge is 0.369 e. The highest BCUT2D eigenvalue weighted by molar-refractivity contribution is 7.88. The maximum absolute atomic E-state index is 12.0. The highest BCUT2D eigenvalue weighted by Gasteiger charge is 2.47. The third-order valence-corrected chi connectivity index (χ3v) is 8.61. The number of benzene rings is 1. The zero-order valence-corrected chi connectivity index (χ0v) is 20.3. The lowest BCUT2D eigenvalue weighted by Crippen LogP contribution is -2.41. The number of halogens is 1. The minimum atomic E-state index is -3.21. The standard InChI is InChI=1S/C23H27ClN6O3S/c1-34(32,33)30-8-6-13-4-5-17(11-14(13)7-9-30)27-23-26-12-18(24)22(29-23)28-20-16-3-2-15(10-16)19(20)21(25)31/h2-5,11-12,15-16,19-20H,6-10H2,1H3,(H2,25,31)(H2,26,27,28,29)/t15-,16+,19+,20-/m0/s1. The lowest BCUT2D eigenvalue weighted by atomic mass is 9.88. The second-order valence-corrected chi connectivity index (χ2v) is 11.6. The van der Waals surface area contributed by atoms with Crippen molar-refractivity contribution in [2.24, 2.45) is 23.5 Å². The van der Waals surface area contributed by atoms with Gasteiger partial charge in [0.25, 0.3) is 0 Å². The molecule has 34 heavy (non-hydrogen) atoms. The monoisotopic (exact) mass is 502 g/mol. The van der Waals surface area contributed by atoms with Gasteiger partial charge in [-0.1, -0.05) is 29.8 Å². The van der Waals surface area contributed by atoms with Gasteiger partial charge in [0.1, 0.15) is 5.02 Å². The van der Waals surface area contributed by atoms with Crippen LogP contribution in [0.15, 0.2) is 36.5 Å². The molecule has 1 amide bonds. The average Bonchev–Trinajstić information content (AvgIpc) is 3.30. The Morgan fingerprint density at radius 3 is 2.65 bits per heavy atom. The van der Waals surface area contributed by atoms with Gasteiger partial charge in [0.2, 0.25) is 21.9 Å². The van der Waals surface area contributed by atoms with E-state index in [1.165, 1.54) is 16.8 Å². The number of amides is 1. The highest BCUT2D eigenvalue weighted by Crippen LogP contribution is 2.45. The minimum Gasteiger partial charge on any atom is -0.369 e. The maximum atomic E-state index is 12.0. The molecular weight excluding hydrogens is 476 g/mol. The van der Waals surface area contributed by atoms with Crippen molar-refractivity contribution in [3.63, 3.8) is 0 Å². The van der Waals surface area contributed by atoms with Crippen molar-refractivity contribution in [1.82, 2.24) is 14.3 Å². The van der Waals surface area contributed by atoms with Gasteiger partial charge in [-0.2, -0.15) is 4.98 Å². The van der Waals surface area contributed by atoms with Gasteiger partial charge >= 0.3 is 0 Å². The van der Waals surface area contributed by atoms with Gasteiger partial charge in [0.05, 0.1) is 18.4 Å². The Morgan fingerprint density at radius 1 is 1.18 bits per heavy atom. The molecule has 2 bridgehead atoms. The summed E-state index contributed by atoms with van der Waals surface area (Å²) in [7, 11) is -3.21. The van der Waals surface area contributed by atoms with E-state index in [2.05, 4.69) is 32.8 Å². The molecule has 2 heterocycles. The van der Waals surface area contributed by atoms with Crippen molar-refractivity contribution in [1.29, 1.82) is 0 Å². The van der Waals surface area contributed by atoms with Crippen LogP contribution in [0.5, 0.6) is 0 Å². The molecule has 2 aliphatic carbocycles. The number of primary amides is 1. The number of nitrogens with one attached hydrogen (secondary N) is 2. The predicted octanol–water partition coefficient (Wildman–Crippen LogP) is 2.32. The van der Waals surface area contributed by atoms with E-state index in [1.54, 1.807) is 0 Å². The summed E-state index contributed by atoms with van der Waals surface area (Å²) in [6, 6.07) is 5.80. The van der Waals surface area contributed by atoms with Crippen molar-refractivity contribution in [3.05, 3.63) is 52.7 Å². The summed E-state index contributed by atoms with van der Waals surface area (Å²) in [5, 5.41) is 6.92. The lowest BCUT2D eigenvalue weighted by molar-refractivity contribution is -0.122. The lowest BCUT2D eigenvalue weighted by Gasteiger charge is -2.27. The summed E-state index contributed by atoms with van der Waals surface area (Å²) in [6.07, 6.45) is 9.17. The first-order valence-corrected chi connectivity index (χ1v) is 13.5. The third-order valence-electron chi connectivity index (χ3n) is 7.03. The number of hydrogen-bond donors (Lipinski definition) is 3. The van der Waals surface area contributed by atoms with Crippen LogP contribution in [0.2, 0.25) is 5.02 Å². The van der Waals surface area contributed by atoms with Crippen molar-refractivity contribution in [3.8, 4) is 0 Å². The van der Waals surface area contributed by atoms with Gasteiger partial charge in [-0.05, 0) is 54.4 Å². The molecule has 1 aliphatic heterocycles. The molecule has 180 valence electrons. The van der Waals surface area contributed by atoms with Crippen LogP contribution in [-0.2, 0) is 27.7 Å². The van der Waals surface area contributed by atoms with Gasteiger partial charge < -0.3 is 16.4 Å². The molecule has 2 aromatic rings. The summed E-state index contributed by atoms with van der Waals surface area (Å²) in [5.41, 5.74) is 8.71. The molecule has 0 saturated heterocycles. The van der Waals surface area contributed by atoms with E-state index in [9.17, 15) is 13.2 Å². The number of nitrogens with zero attached hydrogens (tertiary/aromatic N) is 3. The van der Waals surface area contributed by atoms with Crippen molar-refractivity contribution < 1.29 is 13.2 Å². The first-order valence-electron chi connectivity index (χ1n) is 11.3. The Morgan fingerprint density at radius 2 is 1.91 bits per heavy atom. The van der Waals surface area contributed by atoms with Gasteiger partial charge in [-0.25, -0.2) is 17.7 Å². The molecule has 4 N–H and O–H groups in total. The SMILES string of the molecule is CS(=O)(=O)N1CCc2ccc(Nc3ncc(Cl)c(N[C@@H]4[C@H](C(N)=O)[C@H]5C=C[C@@H]4C5)n3)cc2CC1. The first kappa shape index (κ1) is 23.1. The Balaban J connectivity index is 1.33. The van der Waals surface area contributed by atoms with Crippen molar-refractivity contribution in [2.75, 3.05) is 30.0 Å². The number of carbonyl (C=O) groups is 1. The van der Waals surface area contributed by atoms with Crippen LogP contribution in [0.4, 0.5) is 17.5 Å². The molecule has 0 spiro atoms. The molecule has 4 atom stereocenters. The number of allylic oxidation sites excluding steroid dienone is 1. The number of anilines is 3. The molecule has 0 unspecified atom stereocenters. The Hall–Kier alpha value is -2.69. The first-order chi connectivity index (χ1) is 16.2. The Kier molecular flexibility index (Phi) is 5.99. The summed E-state index contributed by atoms with van der Waals surface area (Å²) in [4.78, 5) is 20.9. The number of hydrogen-bond acceptors (Lipinski definition) is 7. The van der Waals surface area contributed by atoms with E-state index in [1.807, 2.05) is 18.2 Å². The number of carbonyl (C=O) groups excluding carboxylic acids is 1. The van der Waals surface area contributed by atoms with Crippen LogP contribution in [0, 0.1) is 17.8 Å². The number of aromatic nitrogens is 2. The summed E-state index contributed by atoms with van der Waals surface area (Å²) >= 11 is 6.37. The molecule has 1 aromatic heterocycles. The molecule has 1 saturated carbocycles. The normalized spacial score (nSPS) is 26.2. The molecular formula is C23H27ClN6O3S. The van der Waals surface area contributed by atoms with Crippen LogP contribution >= 0.6 is 11.6 Å². The van der Waals surface area contributed by atoms with Gasteiger partial charge in [-0.15, -0.1) is 0 Å². The molecule has 1 aromatic carbocycles. The van der Waals surface area contributed by atoms with E-state index >= 15 is 0 Å². The molecule has 0 radical (unpaired) electrons. The molecule has 5 rings (SSSR count). The fraction of sp³-hybridized carbons (Fsp3) is 0.435. The average molecular weight is 503 g/mol. The fourth-order valence-electron chi connectivity index (χ4n) is 5.34. The second-order valence-electron chi connectivity index (χ2n) is 9.21. The third kappa shape index (κ3) is 4.49. The topological polar surface area (TPSA) is 130 Å². The number of rotatable bonds is 6. The number of fused-ring (bicyclic) bond motifs is 3.